The van der Waals surface area contributed by atoms with Crippen LogP contribution in [-0.4, -0.2) is 6.04 Å². The van der Waals surface area contributed by atoms with Gasteiger partial charge in [0.1, 0.15) is 0 Å². The Labute approximate surface area is 67.4 Å². The van der Waals surface area contributed by atoms with Gasteiger partial charge in [0.25, 0.3) is 0 Å². The van der Waals surface area contributed by atoms with Crippen molar-refractivity contribution < 1.29 is 0 Å². The molecule has 0 heterocycles. The molecule has 2 rings (SSSR count). The van der Waals surface area contributed by atoms with Gasteiger partial charge < -0.3 is 0 Å². The fourth-order valence-electron chi connectivity index (χ4n) is 1.08. The lowest BCUT2D eigenvalue weighted by Crippen LogP contribution is -2.06. The topological polar surface area (TPSA) is 14.1 Å². The van der Waals surface area contributed by atoms with Crippen LogP contribution in [-0.2, 0) is 6.54 Å². The normalized spacial score (nSPS) is 16.7. The highest BCUT2D eigenvalue weighted by atomic mass is 14.9. The van der Waals surface area contributed by atoms with Crippen molar-refractivity contribution in [3.05, 3.63) is 35.9 Å². The van der Waals surface area contributed by atoms with Crippen molar-refractivity contribution in [1.29, 1.82) is 0 Å². The van der Waals surface area contributed by atoms with Gasteiger partial charge in [-0.3, -0.25) is 0 Å². The molecule has 0 amide bonds. The van der Waals surface area contributed by atoms with Crippen LogP contribution in [0.1, 0.15) is 18.4 Å². The monoisotopic (exact) mass is 146 g/mol. The summed E-state index contributed by atoms with van der Waals surface area (Å²) >= 11 is 0. The van der Waals surface area contributed by atoms with Crippen LogP contribution in [0.4, 0.5) is 0 Å². The third-order valence-corrected chi connectivity index (χ3v) is 1.92. The summed E-state index contributed by atoms with van der Waals surface area (Å²) in [5.74, 6) is 0. The van der Waals surface area contributed by atoms with Gasteiger partial charge in [-0.15, -0.1) is 0 Å². The van der Waals surface area contributed by atoms with Gasteiger partial charge in [-0.2, -0.15) is 0 Å². The average molecular weight is 146 g/mol. The summed E-state index contributed by atoms with van der Waals surface area (Å²) in [5, 5.41) is 4.51. The van der Waals surface area contributed by atoms with Crippen LogP contribution < -0.4 is 5.32 Å². The van der Waals surface area contributed by atoms with Gasteiger partial charge in [0.2, 0.25) is 0 Å². The van der Waals surface area contributed by atoms with E-state index in [2.05, 4.69) is 29.6 Å². The van der Waals surface area contributed by atoms with Gasteiger partial charge >= 0.3 is 0 Å². The molecule has 1 saturated carbocycles. The molecule has 1 aromatic rings. The third kappa shape index (κ3) is 2.05. The summed E-state index contributed by atoms with van der Waals surface area (Å²) in [6.45, 7) is 0.908. The first-order valence-corrected chi connectivity index (χ1v) is 4.16. The van der Waals surface area contributed by atoms with Crippen molar-refractivity contribution in [3.8, 4) is 0 Å². The Morgan fingerprint density at radius 3 is 2.55 bits per heavy atom. The Bertz CT molecular complexity index is 214. The summed E-state index contributed by atoms with van der Waals surface area (Å²) < 4.78 is 0. The zero-order valence-electron chi connectivity index (χ0n) is 6.53. The molecule has 1 heteroatoms. The van der Waals surface area contributed by atoms with E-state index in [1.165, 1.54) is 18.4 Å². The molecule has 1 radical (unpaired) electrons. The Balaban J connectivity index is 1.85. The number of rotatable bonds is 3. The van der Waals surface area contributed by atoms with Crippen molar-refractivity contribution >= 4 is 0 Å². The molecule has 1 aliphatic carbocycles. The number of hydrogen-bond acceptors (Lipinski definition) is 0. The standard InChI is InChI=1S/C10H12N/c1-2-4-9(5-3-1)8-11-10-6-7-10/h1-5,10H,6-8H2. The minimum Gasteiger partial charge on any atom is -0.234 e. The van der Waals surface area contributed by atoms with Crippen molar-refractivity contribution in [2.45, 2.75) is 25.4 Å². The van der Waals surface area contributed by atoms with E-state index >= 15 is 0 Å². The molecule has 0 spiro atoms. The van der Waals surface area contributed by atoms with E-state index in [4.69, 9.17) is 0 Å². The molecule has 1 fully saturated rings. The van der Waals surface area contributed by atoms with Crippen molar-refractivity contribution in [1.82, 2.24) is 5.32 Å². The van der Waals surface area contributed by atoms with Gasteiger partial charge in [0.15, 0.2) is 0 Å². The zero-order valence-corrected chi connectivity index (χ0v) is 6.53. The van der Waals surface area contributed by atoms with Crippen LogP contribution in [0.3, 0.4) is 0 Å². The Kier molecular flexibility index (Phi) is 1.91. The lowest BCUT2D eigenvalue weighted by molar-refractivity contribution is 0.671. The van der Waals surface area contributed by atoms with E-state index < -0.39 is 0 Å². The highest BCUT2D eigenvalue weighted by molar-refractivity contribution is 5.14. The minimum absolute atomic E-state index is 0.690. The van der Waals surface area contributed by atoms with Crippen LogP contribution in [0.5, 0.6) is 0 Å². The fourth-order valence-corrected chi connectivity index (χ4v) is 1.08. The van der Waals surface area contributed by atoms with Crippen LogP contribution in [0, 0.1) is 0 Å². The quantitative estimate of drug-likeness (QED) is 0.619. The lowest BCUT2D eigenvalue weighted by Gasteiger charge is -1.98. The fraction of sp³-hybridized carbons (Fsp3) is 0.400. The molecule has 1 aliphatic rings. The van der Waals surface area contributed by atoms with E-state index in [1.54, 1.807) is 0 Å². The molecule has 0 unspecified atom stereocenters. The highest BCUT2D eigenvalue weighted by Gasteiger charge is 2.21. The van der Waals surface area contributed by atoms with Crippen molar-refractivity contribution in [2.24, 2.45) is 0 Å². The zero-order chi connectivity index (χ0) is 7.52. The molecule has 1 nitrogen and oxygen atoms in total. The van der Waals surface area contributed by atoms with Gasteiger partial charge in [-0.1, -0.05) is 30.3 Å². The number of hydrogen-bond donors (Lipinski definition) is 0. The predicted molar refractivity (Wildman–Crippen MR) is 45.3 cm³/mol. The summed E-state index contributed by atoms with van der Waals surface area (Å²) in [4.78, 5) is 0. The van der Waals surface area contributed by atoms with Crippen LogP contribution in [0.2, 0.25) is 0 Å². The summed E-state index contributed by atoms with van der Waals surface area (Å²) in [6.07, 6.45) is 2.62. The Morgan fingerprint density at radius 1 is 1.18 bits per heavy atom. The summed E-state index contributed by atoms with van der Waals surface area (Å²) in [5.41, 5.74) is 1.33. The van der Waals surface area contributed by atoms with Crippen LogP contribution in [0.25, 0.3) is 0 Å². The first-order chi connectivity index (χ1) is 5.45. The van der Waals surface area contributed by atoms with Crippen LogP contribution >= 0.6 is 0 Å². The SMILES string of the molecule is c1ccc(C[N]C2CC2)cc1. The third-order valence-electron chi connectivity index (χ3n) is 1.92. The Hall–Kier alpha value is -0.820. The van der Waals surface area contributed by atoms with Crippen molar-refractivity contribution in [2.75, 3.05) is 0 Å². The molecular formula is C10H12N. The lowest BCUT2D eigenvalue weighted by atomic mass is 10.2. The number of benzene rings is 1. The van der Waals surface area contributed by atoms with Gasteiger partial charge in [0, 0.05) is 12.6 Å². The largest absolute Gasteiger partial charge is 0.234 e. The molecule has 0 N–H and O–H groups in total. The maximum Gasteiger partial charge on any atom is 0.0387 e. The molecule has 0 aromatic heterocycles. The second kappa shape index (κ2) is 3.05. The smallest absolute Gasteiger partial charge is 0.0387 e. The summed E-state index contributed by atoms with van der Waals surface area (Å²) in [7, 11) is 0. The average Bonchev–Trinajstić information content (AvgIpc) is 2.86. The molecule has 57 valence electrons. The van der Waals surface area contributed by atoms with Gasteiger partial charge in [-0.25, -0.2) is 5.32 Å². The maximum absolute atomic E-state index is 4.51. The van der Waals surface area contributed by atoms with Gasteiger partial charge in [-0.05, 0) is 18.4 Å². The van der Waals surface area contributed by atoms with E-state index in [-0.39, 0.29) is 0 Å². The predicted octanol–water partition coefficient (Wildman–Crippen LogP) is 1.95. The number of nitrogens with zero attached hydrogens (tertiary/aromatic N) is 1. The highest BCUT2D eigenvalue weighted by Crippen LogP contribution is 2.20. The van der Waals surface area contributed by atoms with E-state index in [0.717, 1.165) is 6.54 Å². The van der Waals surface area contributed by atoms with Crippen LogP contribution in [0.15, 0.2) is 30.3 Å². The molecular weight excluding hydrogens is 134 g/mol. The van der Waals surface area contributed by atoms with E-state index in [9.17, 15) is 0 Å². The molecule has 0 bridgehead atoms. The summed E-state index contributed by atoms with van der Waals surface area (Å²) in [6, 6.07) is 11.1. The Morgan fingerprint density at radius 2 is 1.91 bits per heavy atom. The second-order valence-corrected chi connectivity index (χ2v) is 3.06. The first kappa shape index (κ1) is 6.86. The second-order valence-electron chi connectivity index (χ2n) is 3.06. The van der Waals surface area contributed by atoms with Gasteiger partial charge in [0.05, 0.1) is 0 Å². The maximum atomic E-state index is 4.51. The minimum atomic E-state index is 0.690. The molecule has 1 aromatic carbocycles. The molecule has 11 heavy (non-hydrogen) atoms. The molecule has 0 saturated heterocycles. The molecule has 0 aliphatic heterocycles. The first-order valence-electron chi connectivity index (χ1n) is 4.16. The van der Waals surface area contributed by atoms with E-state index in [1.807, 2.05) is 6.07 Å². The van der Waals surface area contributed by atoms with E-state index in [0.29, 0.717) is 6.04 Å². The van der Waals surface area contributed by atoms with Crippen molar-refractivity contribution in [3.63, 3.8) is 0 Å². The molecule has 0 atom stereocenters.